The predicted octanol–water partition coefficient (Wildman–Crippen LogP) is 3.94. The Hall–Kier alpha value is -1.38. The number of nitrogens with zero attached hydrogens (tertiary/aromatic N) is 1. The molecule has 100 valence electrons. The zero-order valence-corrected chi connectivity index (χ0v) is 12.1. The Labute approximate surface area is 119 Å². The molecule has 0 bridgehead atoms. The Balaban J connectivity index is 2.05. The summed E-state index contributed by atoms with van der Waals surface area (Å²) in [5.41, 5.74) is 3.68. The lowest BCUT2D eigenvalue weighted by molar-refractivity contribution is 0.549. The monoisotopic (exact) mass is 274 g/mol. The summed E-state index contributed by atoms with van der Waals surface area (Å²) in [6.45, 7) is 2.03. The number of hydrogen-bond donors (Lipinski definition) is 1. The van der Waals surface area contributed by atoms with Gasteiger partial charge < -0.3 is 5.32 Å². The quantitative estimate of drug-likeness (QED) is 0.893. The van der Waals surface area contributed by atoms with Crippen LogP contribution in [0.5, 0.6) is 0 Å². The molecule has 1 heterocycles. The highest BCUT2D eigenvalue weighted by Gasteiger charge is 2.10. The van der Waals surface area contributed by atoms with Gasteiger partial charge in [0.05, 0.1) is 0 Å². The van der Waals surface area contributed by atoms with Gasteiger partial charge in [0.1, 0.15) is 0 Å². The summed E-state index contributed by atoms with van der Waals surface area (Å²) in [5, 5.41) is 4.20. The lowest BCUT2D eigenvalue weighted by atomic mass is 9.98. The molecule has 0 saturated heterocycles. The highest BCUT2D eigenvalue weighted by molar-refractivity contribution is 6.31. The summed E-state index contributed by atoms with van der Waals surface area (Å²) >= 11 is 6.20. The maximum absolute atomic E-state index is 6.20. The molecule has 0 spiro atoms. The zero-order chi connectivity index (χ0) is 13.7. The largest absolute Gasteiger partial charge is 0.313 e. The lowest BCUT2D eigenvalue weighted by Crippen LogP contribution is -2.17. The minimum Gasteiger partial charge on any atom is -0.313 e. The smallest absolute Gasteiger partial charge is 0.0438 e. The topological polar surface area (TPSA) is 24.9 Å². The first-order chi connectivity index (χ1) is 9.20. The van der Waals surface area contributed by atoms with Crippen molar-refractivity contribution in [2.24, 2.45) is 0 Å². The molecule has 1 aromatic carbocycles. The van der Waals surface area contributed by atoms with Gasteiger partial charge in [0, 0.05) is 23.5 Å². The summed E-state index contributed by atoms with van der Waals surface area (Å²) < 4.78 is 0. The molecule has 0 aliphatic carbocycles. The minimum atomic E-state index is 0.325. The van der Waals surface area contributed by atoms with Crippen LogP contribution in [0.1, 0.15) is 29.2 Å². The minimum absolute atomic E-state index is 0.325. The number of hydrogen-bond acceptors (Lipinski definition) is 2. The van der Waals surface area contributed by atoms with Gasteiger partial charge in [-0.1, -0.05) is 23.7 Å². The van der Waals surface area contributed by atoms with Crippen LogP contribution in [0.3, 0.4) is 0 Å². The lowest BCUT2D eigenvalue weighted by Gasteiger charge is -2.17. The van der Waals surface area contributed by atoms with Crippen LogP contribution in [0.4, 0.5) is 0 Å². The van der Waals surface area contributed by atoms with Crippen molar-refractivity contribution in [1.82, 2.24) is 10.3 Å². The van der Waals surface area contributed by atoms with Crippen LogP contribution < -0.4 is 5.32 Å². The Morgan fingerprint density at radius 2 is 1.95 bits per heavy atom. The van der Waals surface area contributed by atoms with Crippen LogP contribution in [0.2, 0.25) is 5.02 Å². The van der Waals surface area contributed by atoms with E-state index in [2.05, 4.69) is 40.6 Å². The van der Waals surface area contributed by atoms with E-state index in [9.17, 15) is 0 Å². The Morgan fingerprint density at radius 1 is 1.21 bits per heavy atom. The Morgan fingerprint density at radius 3 is 2.58 bits per heavy atom. The number of pyridine rings is 1. The molecule has 0 aliphatic heterocycles. The number of nitrogens with one attached hydrogen (secondary N) is 1. The number of aryl methyl sites for hydroxylation is 2. The summed E-state index contributed by atoms with van der Waals surface area (Å²) in [6, 6.07) is 10.7. The van der Waals surface area contributed by atoms with Crippen LogP contribution in [0.25, 0.3) is 0 Å². The number of aromatic nitrogens is 1. The molecule has 2 nitrogen and oxygen atoms in total. The van der Waals surface area contributed by atoms with Crippen LogP contribution in [0.15, 0.2) is 42.7 Å². The first kappa shape index (κ1) is 14.0. The van der Waals surface area contributed by atoms with Crippen LogP contribution in [-0.4, -0.2) is 12.0 Å². The molecule has 0 fully saturated rings. The number of halogens is 1. The zero-order valence-electron chi connectivity index (χ0n) is 11.4. The van der Waals surface area contributed by atoms with E-state index in [1.807, 2.05) is 26.4 Å². The molecular formula is C16H19ClN2. The fourth-order valence-corrected chi connectivity index (χ4v) is 2.35. The van der Waals surface area contributed by atoms with Gasteiger partial charge in [0.15, 0.2) is 0 Å². The second-order valence-electron chi connectivity index (χ2n) is 4.74. The van der Waals surface area contributed by atoms with E-state index in [1.54, 1.807) is 0 Å². The summed E-state index contributed by atoms with van der Waals surface area (Å²) in [6.07, 6.45) is 5.75. The fraction of sp³-hybridized carbons (Fsp3) is 0.312. The van der Waals surface area contributed by atoms with E-state index in [4.69, 9.17) is 11.6 Å². The van der Waals surface area contributed by atoms with E-state index in [1.165, 1.54) is 11.1 Å². The van der Waals surface area contributed by atoms with Gasteiger partial charge in [0.25, 0.3) is 0 Å². The average Bonchev–Trinajstić information content (AvgIpc) is 2.44. The van der Waals surface area contributed by atoms with Crippen molar-refractivity contribution in [3.8, 4) is 0 Å². The molecule has 0 amide bonds. The molecule has 0 aliphatic rings. The molecule has 1 N–H and O–H groups in total. The van der Waals surface area contributed by atoms with Crippen LogP contribution >= 0.6 is 11.6 Å². The normalized spacial score (nSPS) is 12.4. The van der Waals surface area contributed by atoms with Crippen molar-refractivity contribution in [3.05, 3.63) is 64.4 Å². The molecule has 19 heavy (non-hydrogen) atoms. The Kier molecular flexibility index (Phi) is 4.94. The summed E-state index contributed by atoms with van der Waals surface area (Å²) in [5.74, 6) is 0. The summed E-state index contributed by atoms with van der Waals surface area (Å²) in [4.78, 5) is 4.04. The van der Waals surface area contributed by atoms with Crippen molar-refractivity contribution in [2.45, 2.75) is 25.8 Å². The average molecular weight is 275 g/mol. The molecule has 1 atom stereocenters. The third-order valence-electron chi connectivity index (χ3n) is 3.42. The molecular weight excluding hydrogens is 256 g/mol. The van der Waals surface area contributed by atoms with Gasteiger partial charge in [-0.05, 0) is 61.7 Å². The van der Waals surface area contributed by atoms with Crippen LogP contribution in [0, 0.1) is 6.92 Å². The fourth-order valence-electron chi connectivity index (χ4n) is 2.16. The molecule has 3 heteroatoms. The molecule has 0 saturated carbocycles. The van der Waals surface area contributed by atoms with Gasteiger partial charge in [-0.25, -0.2) is 0 Å². The van der Waals surface area contributed by atoms with E-state index >= 15 is 0 Å². The van der Waals surface area contributed by atoms with Crippen molar-refractivity contribution < 1.29 is 0 Å². The van der Waals surface area contributed by atoms with E-state index in [0.717, 1.165) is 23.4 Å². The first-order valence-corrected chi connectivity index (χ1v) is 6.90. The van der Waals surface area contributed by atoms with E-state index < -0.39 is 0 Å². The van der Waals surface area contributed by atoms with Crippen LogP contribution in [-0.2, 0) is 6.42 Å². The first-order valence-electron chi connectivity index (χ1n) is 6.53. The van der Waals surface area contributed by atoms with Crippen molar-refractivity contribution >= 4 is 11.6 Å². The highest BCUT2D eigenvalue weighted by atomic mass is 35.5. The van der Waals surface area contributed by atoms with Crippen molar-refractivity contribution in [2.75, 3.05) is 7.05 Å². The van der Waals surface area contributed by atoms with E-state index in [0.29, 0.717) is 6.04 Å². The SMILES string of the molecule is CNC(CCc1ccncc1)c1ccc(C)c(Cl)c1. The summed E-state index contributed by atoms with van der Waals surface area (Å²) in [7, 11) is 1.99. The van der Waals surface area contributed by atoms with Gasteiger partial charge >= 0.3 is 0 Å². The second kappa shape index (κ2) is 6.69. The molecule has 2 rings (SSSR count). The molecule has 0 radical (unpaired) electrons. The van der Waals surface area contributed by atoms with Gasteiger partial charge in [-0.3, -0.25) is 4.98 Å². The number of benzene rings is 1. The highest BCUT2D eigenvalue weighted by Crippen LogP contribution is 2.24. The van der Waals surface area contributed by atoms with Gasteiger partial charge in [0.2, 0.25) is 0 Å². The number of rotatable bonds is 5. The van der Waals surface area contributed by atoms with Gasteiger partial charge in [-0.2, -0.15) is 0 Å². The molecule has 1 unspecified atom stereocenters. The standard InChI is InChI=1S/C16H19ClN2/c1-12-3-5-14(11-15(12)17)16(18-2)6-4-13-7-9-19-10-8-13/h3,5,7-11,16,18H,4,6H2,1-2H3. The van der Waals surface area contributed by atoms with Crippen molar-refractivity contribution in [1.29, 1.82) is 0 Å². The van der Waals surface area contributed by atoms with E-state index in [-0.39, 0.29) is 0 Å². The second-order valence-corrected chi connectivity index (χ2v) is 5.15. The predicted molar refractivity (Wildman–Crippen MR) is 80.5 cm³/mol. The Bertz CT molecular complexity index is 526. The third kappa shape index (κ3) is 3.79. The molecule has 2 aromatic rings. The maximum Gasteiger partial charge on any atom is 0.0438 e. The maximum atomic E-state index is 6.20. The third-order valence-corrected chi connectivity index (χ3v) is 3.82. The van der Waals surface area contributed by atoms with Gasteiger partial charge in [-0.15, -0.1) is 0 Å². The molecule has 1 aromatic heterocycles. The van der Waals surface area contributed by atoms with Crippen molar-refractivity contribution in [3.63, 3.8) is 0 Å².